The zero-order valence-corrected chi connectivity index (χ0v) is 20.3. The van der Waals surface area contributed by atoms with Crippen molar-refractivity contribution in [2.45, 2.75) is 46.3 Å². The Morgan fingerprint density at radius 2 is 2.00 bits per heavy atom. The van der Waals surface area contributed by atoms with Crippen LogP contribution in [0.15, 0.2) is 22.5 Å². The first-order chi connectivity index (χ1) is 12.0. The SMILES string of the molecule is CCNC(=NCC(c1cccs1)N(C)C)NCCC(OCC)C(C)C.I. The first kappa shape index (κ1) is 25.6. The van der Waals surface area contributed by atoms with Crippen LogP contribution in [0.4, 0.5) is 0 Å². The van der Waals surface area contributed by atoms with Crippen LogP contribution >= 0.6 is 35.3 Å². The molecule has 2 N–H and O–H groups in total. The molecular formula is C19H37IN4OS. The van der Waals surface area contributed by atoms with Gasteiger partial charge in [0.1, 0.15) is 0 Å². The van der Waals surface area contributed by atoms with Crippen LogP contribution in [0.1, 0.15) is 45.0 Å². The molecule has 5 nitrogen and oxygen atoms in total. The fourth-order valence-electron chi connectivity index (χ4n) is 2.66. The maximum Gasteiger partial charge on any atom is 0.191 e. The Labute approximate surface area is 181 Å². The highest BCUT2D eigenvalue weighted by atomic mass is 127. The molecule has 0 bridgehead atoms. The zero-order chi connectivity index (χ0) is 18.7. The first-order valence-electron chi connectivity index (χ1n) is 9.33. The van der Waals surface area contributed by atoms with Crippen molar-refractivity contribution in [2.24, 2.45) is 10.9 Å². The number of hydrogen-bond acceptors (Lipinski definition) is 4. The quantitative estimate of drug-likeness (QED) is 0.277. The summed E-state index contributed by atoms with van der Waals surface area (Å²) in [5.41, 5.74) is 0. The number of guanidine groups is 1. The van der Waals surface area contributed by atoms with Crippen molar-refractivity contribution in [1.29, 1.82) is 0 Å². The molecule has 152 valence electrons. The second kappa shape index (κ2) is 14.6. The van der Waals surface area contributed by atoms with Gasteiger partial charge in [0.05, 0.1) is 18.7 Å². The monoisotopic (exact) mass is 496 g/mol. The zero-order valence-electron chi connectivity index (χ0n) is 17.1. The largest absolute Gasteiger partial charge is 0.378 e. The minimum atomic E-state index is 0. The predicted molar refractivity (Wildman–Crippen MR) is 125 cm³/mol. The topological polar surface area (TPSA) is 48.9 Å². The lowest BCUT2D eigenvalue weighted by atomic mass is 10.0. The number of nitrogens with one attached hydrogen (secondary N) is 2. The average molecular weight is 497 g/mol. The summed E-state index contributed by atoms with van der Waals surface area (Å²) in [4.78, 5) is 8.37. The fourth-order valence-corrected chi connectivity index (χ4v) is 3.58. The van der Waals surface area contributed by atoms with Crippen LogP contribution < -0.4 is 10.6 Å². The summed E-state index contributed by atoms with van der Waals surface area (Å²) in [6.45, 7) is 11.8. The number of rotatable bonds is 11. The molecule has 1 aromatic heterocycles. The van der Waals surface area contributed by atoms with Gasteiger partial charge in [-0.15, -0.1) is 35.3 Å². The molecule has 7 heteroatoms. The van der Waals surface area contributed by atoms with Crippen molar-refractivity contribution in [1.82, 2.24) is 15.5 Å². The standard InChI is InChI=1S/C19H36N4OS.HI/c1-7-20-19(21-12-11-17(15(3)4)24-8-2)22-14-16(23(5)6)18-10-9-13-25-18;/h9-10,13,15-17H,7-8,11-12,14H2,1-6H3,(H2,20,21,22);1H. The third kappa shape index (κ3) is 9.53. The number of nitrogens with zero attached hydrogens (tertiary/aromatic N) is 2. The highest BCUT2D eigenvalue weighted by molar-refractivity contribution is 14.0. The van der Waals surface area contributed by atoms with Crippen molar-refractivity contribution in [3.05, 3.63) is 22.4 Å². The maximum absolute atomic E-state index is 5.82. The molecule has 1 heterocycles. The van der Waals surface area contributed by atoms with Gasteiger partial charge in [0, 0.05) is 24.6 Å². The molecule has 0 saturated heterocycles. The van der Waals surface area contributed by atoms with Crippen LogP contribution in [0.3, 0.4) is 0 Å². The van der Waals surface area contributed by atoms with E-state index in [0.29, 0.717) is 18.1 Å². The van der Waals surface area contributed by atoms with Crippen LogP contribution in [-0.2, 0) is 4.74 Å². The van der Waals surface area contributed by atoms with E-state index in [-0.39, 0.29) is 24.0 Å². The average Bonchev–Trinajstić information content (AvgIpc) is 3.07. The van der Waals surface area contributed by atoms with Crippen molar-refractivity contribution in [2.75, 3.05) is 40.3 Å². The normalized spacial score (nSPS) is 14.2. The highest BCUT2D eigenvalue weighted by Crippen LogP contribution is 2.23. The molecule has 2 atom stereocenters. The van der Waals surface area contributed by atoms with Crippen molar-refractivity contribution < 1.29 is 4.74 Å². The van der Waals surface area contributed by atoms with Crippen LogP contribution in [0, 0.1) is 5.92 Å². The summed E-state index contributed by atoms with van der Waals surface area (Å²) in [5.74, 6) is 1.41. The van der Waals surface area contributed by atoms with Gasteiger partial charge in [-0.1, -0.05) is 19.9 Å². The van der Waals surface area contributed by atoms with Gasteiger partial charge in [0.2, 0.25) is 0 Å². The minimum absolute atomic E-state index is 0. The molecule has 0 aliphatic rings. The van der Waals surface area contributed by atoms with Gasteiger partial charge in [-0.05, 0) is 51.7 Å². The molecule has 0 amide bonds. The van der Waals surface area contributed by atoms with Crippen molar-refractivity contribution >= 4 is 41.3 Å². The third-order valence-corrected chi connectivity index (χ3v) is 5.08. The van der Waals surface area contributed by atoms with Gasteiger partial charge in [-0.2, -0.15) is 0 Å². The maximum atomic E-state index is 5.82. The molecule has 26 heavy (non-hydrogen) atoms. The molecule has 0 saturated carbocycles. The Balaban J connectivity index is 0.00000625. The summed E-state index contributed by atoms with van der Waals surface area (Å²) in [6, 6.07) is 4.59. The number of thiophene rings is 1. The first-order valence-corrected chi connectivity index (χ1v) is 10.2. The van der Waals surface area contributed by atoms with Gasteiger partial charge in [-0.25, -0.2) is 0 Å². The second-order valence-electron chi connectivity index (χ2n) is 6.67. The lowest BCUT2D eigenvalue weighted by molar-refractivity contribution is 0.0258. The number of aliphatic imine (C=N–C) groups is 1. The lowest BCUT2D eigenvalue weighted by Gasteiger charge is -2.23. The van der Waals surface area contributed by atoms with Gasteiger partial charge in [-0.3, -0.25) is 4.99 Å². The molecule has 0 aliphatic heterocycles. The molecule has 0 fully saturated rings. The van der Waals surface area contributed by atoms with Crippen molar-refractivity contribution in [3.63, 3.8) is 0 Å². The Kier molecular flexibility index (Phi) is 14.4. The van der Waals surface area contributed by atoms with E-state index in [0.717, 1.165) is 38.6 Å². The molecule has 0 aromatic carbocycles. The summed E-state index contributed by atoms with van der Waals surface area (Å²) < 4.78 is 5.82. The third-order valence-electron chi connectivity index (χ3n) is 4.11. The highest BCUT2D eigenvalue weighted by Gasteiger charge is 2.16. The van der Waals surface area contributed by atoms with Crippen LogP contribution in [0.5, 0.6) is 0 Å². The smallest absolute Gasteiger partial charge is 0.191 e. The van der Waals surface area contributed by atoms with E-state index in [2.05, 4.69) is 74.8 Å². The van der Waals surface area contributed by atoms with E-state index in [1.165, 1.54) is 4.88 Å². The molecule has 2 unspecified atom stereocenters. The minimum Gasteiger partial charge on any atom is -0.378 e. The molecule has 1 rings (SSSR count). The second-order valence-corrected chi connectivity index (χ2v) is 7.65. The fraction of sp³-hybridized carbons (Fsp3) is 0.737. The summed E-state index contributed by atoms with van der Waals surface area (Å²) in [5, 5.41) is 8.91. The Morgan fingerprint density at radius 3 is 2.50 bits per heavy atom. The van der Waals surface area contributed by atoms with Gasteiger partial charge < -0.3 is 20.3 Å². The van der Waals surface area contributed by atoms with Crippen LogP contribution in [0.25, 0.3) is 0 Å². The number of halogens is 1. The molecule has 0 radical (unpaired) electrons. The predicted octanol–water partition coefficient (Wildman–Crippen LogP) is 3.98. The Hall–Kier alpha value is -0.380. The van der Waals surface area contributed by atoms with Crippen LogP contribution in [-0.4, -0.2) is 57.3 Å². The summed E-state index contributed by atoms with van der Waals surface area (Å²) in [7, 11) is 4.21. The van der Waals surface area contributed by atoms with E-state index in [4.69, 9.17) is 9.73 Å². The number of hydrogen-bond donors (Lipinski definition) is 2. The van der Waals surface area contributed by atoms with Gasteiger partial charge in [0.25, 0.3) is 0 Å². The lowest BCUT2D eigenvalue weighted by Crippen LogP contribution is -2.40. The number of likely N-dealkylation sites (N-methyl/N-ethyl adjacent to an activating group) is 1. The summed E-state index contributed by atoms with van der Waals surface area (Å²) >= 11 is 1.79. The molecular weight excluding hydrogens is 459 g/mol. The van der Waals surface area contributed by atoms with Crippen molar-refractivity contribution in [3.8, 4) is 0 Å². The Morgan fingerprint density at radius 1 is 1.27 bits per heavy atom. The van der Waals surface area contributed by atoms with E-state index >= 15 is 0 Å². The van der Waals surface area contributed by atoms with Gasteiger partial charge in [0.15, 0.2) is 5.96 Å². The van der Waals surface area contributed by atoms with E-state index < -0.39 is 0 Å². The Bertz CT molecular complexity index is 480. The van der Waals surface area contributed by atoms with E-state index in [9.17, 15) is 0 Å². The summed E-state index contributed by atoms with van der Waals surface area (Å²) in [6.07, 6.45) is 1.28. The van der Waals surface area contributed by atoms with E-state index in [1.807, 2.05) is 0 Å². The molecule has 0 spiro atoms. The van der Waals surface area contributed by atoms with Gasteiger partial charge >= 0.3 is 0 Å². The number of ether oxygens (including phenoxy) is 1. The van der Waals surface area contributed by atoms with Crippen LogP contribution in [0.2, 0.25) is 0 Å². The molecule has 0 aliphatic carbocycles. The van der Waals surface area contributed by atoms with E-state index in [1.54, 1.807) is 11.3 Å². The molecule has 1 aromatic rings.